The number of ether oxygens (including phenoxy) is 1. The Bertz CT molecular complexity index is 343. The molecule has 0 aliphatic heterocycles. The molecule has 1 rings (SSSR count). The summed E-state index contributed by atoms with van der Waals surface area (Å²) >= 11 is 0. The Labute approximate surface area is 96.5 Å². The molecule has 7 heteroatoms. The first-order chi connectivity index (χ1) is 7.91. The summed E-state index contributed by atoms with van der Waals surface area (Å²) in [6.45, 7) is -1.13. The zero-order valence-corrected chi connectivity index (χ0v) is 8.74. The lowest BCUT2D eigenvalue weighted by atomic mass is 10.3. The normalized spacial score (nSPS) is 8.94. The number of aromatic hydroxyl groups is 2. The maximum atomic E-state index is 9.66. The highest BCUT2D eigenvalue weighted by Crippen LogP contribution is 2.14. The van der Waals surface area contributed by atoms with E-state index < -0.39 is 25.2 Å². The van der Waals surface area contributed by atoms with Crippen molar-refractivity contribution in [3.63, 3.8) is 0 Å². The predicted molar refractivity (Wildman–Crippen MR) is 55.9 cm³/mol. The molecule has 0 fully saturated rings. The van der Waals surface area contributed by atoms with E-state index in [1.54, 1.807) is 6.07 Å². The monoisotopic (exact) mass is 244 g/mol. The first-order valence-electron chi connectivity index (χ1n) is 4.41. The number of phenolic OH excluding ortho intramolecular Hbond substituents is 2. The summed E-state index contributed by atoms with van der Waals surface area (Å²) in [5.41, 5.74) is 0. The molecule has 0 bridgehead atoms. The number of hydrogen-bond acceptors (Lipinski definition) is 5. The molecule has 0 amide bonds. The lowest BCUT2D eigenvalue weighted by Gasteiger charge is -1.92. The molecule has 0 saturated carbocycles. The van der Waals surface area contributed by atoms with Gasteiger partial charge in [0, 0.05) is 6.07 Å². The van der Waals surface area contributed by atoms with Crippen LogP contribution in [0.25, 0.3) is 0 Å². The molecule has 17 heavy (non-hydrogen) atoms. The van der Waals surface area contributed by atoms with Crippen LogP contribution in [-0.4, -0.2) is 45.6 Å². The Kier molecular flexibility index (Phi) is 6.88. The molecule has 0 atom stereocenters. The van der Waals surface area contributed by atoms with Crippen LogP contribution >= 0.6 is 0 Å². The number of benzene rings is 1. The first-order valence-corrected chi connectivity index (χ1v) is 4.41. The van der Waals surface area contributed by atoms with Crippen LogP contribution < -0.4 is 0 Å². The van der Waals surface area contributed by atoms with Gasteiger partial charge in [-0.05, 0) is 12.1 Å². The molecular weight excluding hydrogens is 232 g/mol. The molecule has 0 spiro atoms. The SMILES string of the molecule is O=C(O)COCC(=O)O.Oc1cccc(O)c1. The molecule has 0 radical (unpaired) electrons. The molecule has 0 aromatic heterocycles. The lowest BCUT2D eigenvalue weighted by molar-refractivity contribution is -0.148. The van der Waals surface area contributed by atoms with E-state index in [1.807, 2.05) is 0 Å². The second kappa shape index (κ2) is 7.94. The zero-order chi connectivity index (χ0) is 13.3. The van der Waals surface area contributed by atoms with E-state index in [9.17, 15) is 9.59 Å². The second-order valence-corrected chi connectivity index (χ2v) is 2.80. The van der Waals surface area contributed by atoms with Gasteiger partial charge in [-0.2, -0.15) is 0 Å². The smallest absolute Gasteiger partial charge is 0.329 e. The van der Waals surface area contributed by atoms with Crippen molar-refractivity contribution in [2.75, 3.05) is 13.2 Å². The van der Waals surface area contributed by atoms with Crippen LogP contribution in [0.4, 0.5) is 0 Å². The van der Waals surface area contributed by atoms with Gasteiger partial charge < -0.3 is 25.2 Å². The number of phenols is 2. The van der Waals surface area contributed by atoms with Crippen molar-refractivity contribution in [1.29, 1.82) is 0 Å². The van der Waals surface area contributed by atoms with E-state index >= 15 is 0 Å². The fraction of sp³-hybridized carbons (Fsp3) is 0.200. The van der Waals surface area contributed by atoms with E-state index in [1.165, 1.54) is 18.2 Å². The third kappa shape index (κ3) is 10.0. The van der Waals surface area contributed by atoms with Crippen LogP contribution in [0.2, 0.25) is 0 Å². The Hall–Kier alpha value is -2.28. The molecule has 0 saturated heterocycles. The van der Waals surface area contributed by atoms with E-state index in [4.69, 9.17) is 20.4 Å². The maximum Gasteiger partial charge on any atom is 0.329 e. The summed E-state index contributed by atoms with van der Waals surface area (Å²) in [5.74, 6) is -2.16. The van der Waals surface area contributed by atoms with E-state index in [0.717, 1.165) is 0 Å². The minimum Gasteiger partial charge on any atom is -0.508 e. The number of aliphatic carboxylic acids is 2. The summed E-state index contributed by atoms with van der Waals surface area (Å²) in [5, 5.41) is 33.1. The van der Waals surface area contributed by atoms with Crippen molar-refractivity contribution in [3.05, 3.63) is 24.3 Å². The van der Waals surface area contributed by atoms with Gasteiger partial charge in [0.25, 0.3) is 0 Å². The van der Waals surface area contributed by atoms with Gasteiger partial charge in [-0.15, -0.1) is 0 Å². The third-order valence-corrected chi connectivity index (χ3v) is 1.28. The molecular formula is C10H12O7. The Morgan fingerprint density at radius 2 is 1.41 bits per heavy atom. The highest BCUT2D eigenvalue weighted by Gasteiger charge is 1.99. The van der Waals surface area contributed by atoms with Crippen molar-refractivity contribution in [3.8, 4) is 11.5 Å². The highest BCUT2D eigenvalue weighted by atomic mass is 16.5. The Morgan fingerprint density at radius 3 is 1.65 bits per heavy atom. The van der Waals surface area contributed by atoms with Crippen LogP contribution in [0.3, 0.4) is 0 Å². The number of carboxylic acids is 2. The van der Waals surface area contributed by atoms with Gasteiger partial charge in [0.05, 0.1) is 0 Å². The highest BCUT2D eigenvalue weighted by molar-refractivity contribution is 5.70. The van der Waals surface area contributed by atoms with Crippen molar-refractivity contribution in [2.24, 2.45) is 0 Å². The van der Waals surface area contributed by atoms with Gasteiger partial charge in [0.1, 0.15) is 24.7 Å². The van der Waals surface area contributed by atoms with Gasteiger partial charge in [0.15, 0.2) is 0 Å². The minimum atomic E-state index is -1.17. The molecule has 0 unspecified atom stereocenters. The third-order valence-electron chi connectivity index (χ3n) is 1.28. The molecule has 0 aliphatic rings. The van der Waals surface area contributed by atoms with Crippen LogP contribution in [0.15, 0.2) is 24.3 Å². The van der Waals surface area contributed by atoms with Gasteiger partial charge in [0.2, 0.25) is 0 Å². The van der Waals surface area contributed by atoms with Crippen molar-refractivity contribution < 1.29 is 34.8 Å². The van der Waals surface area contributed by atoms with Gasteiger partial charge >= 0.3 is 11.9 Å². The average Bonchev–Trinajstić information content (AvgIpc) is 2.16. The summed E-state index contributed by atoms with van der Waals surface area (Å²) in [7, 11) is 0. The lowest BCUT2D eigenvalue weighted by Crippen LogP contribution is -2.13. The molecule has 1 aromatic rings. The van der Waals surface area contributed by atoms with Gasteiger partial charge in [-0.3, -0.25) is 0 Å². The van der Waals surface area contributed by atoms with Crippen LogP contribution in [0, 0.1) is 0 Å². The Balaban J connectivity index is 0.000000302. The topological polar surface area (TPSA) is 124 Å². The van der Waals surface area contributed by atoms with Crippen molar-refractivity contribution >= 4 is 11.9 Å². The fourth-order valence-electron chi connectivity index (χ4n) is 0.719. The quantitative estimate of drug-likeness (QED) is 0.599. The molecule has 0 aliphatic carbocycles. The Morgan fingerprint density at radius 1 is 1.00 bits per heavy atom. The molecule has 7 nitrogen and oxygen atoms in total. The van der Waals surface area contributed by atoms with Crippen LogP contribution in [-0.2, 0) is 14.3 Å². The van der Waals surface area contributed by atoms with Crippen LogP contribution in [0.1, 0.15) is 0 Å². The van der Waals surface area contributed by atoms with Crippen molar-refractivity contribution in [2.45, 2.75) is 0 Å². The fourth-order valence-corrected chi connectivity index (χ4v) is 0.719. The van der Waals surface area contributed by atoms with Gasteiger partial charge in [-0.1, -0.05) is 6.07 Å². The van der Waals surface area contributed by atoms with E-state index in [-0.39, 0.29) is 11.5 Å². The average molecular weight is 244 g/mol. The predicted octanol–water partition coefficient (Wildman–Crippen LogP) is 0.270. The van der Waals surface area contributed by atoms with E-state index in [0.29, 0.717) is 0 Å². The summed E-state index contributed by atoms with van der Waals surface area (Å²) in [6, 6.07) is 5.85. The standard InChI is InChI=1S/C6H6O2.C4H6O5/c7-5-2-1-3-6(8)4-5;5-3(6)1-9-2-4(7)8/h1-4,7-8H;1-2H2,(H,5,6)(H,7,8). The second-order valence-electron chi connectivity index (χ2n) is 2.80. The zero-order valence-electron chi connectivity index (χ0n) is 8.74. The maximum absolute atomic E-state index is 9.66. The summed E-state index contributed by atoms with van der Waals surface area (Å²) in [6.07, 6.45) is 0. The number of carbonyl (C=O) groups is 2. The summed E-state index contributed by atoms with van der Waals surface area (Å²) < 4.78 is 4.16. The molecule has 0 heterocycles. The van der Waals surface area contributed by atoms with Gasteiger partial charge in [-0.25, -0.2) is 9.59 Å². The minimum absolute atomic E-state index is 0.0880. The largest absolute Gasteiger partial charge is 0.508 e. The van der Waals surface area contributed by atoms with E-state index in [2.05, 4.69) is 4.74 Å². The number of rotatable bonds is 4. The first kappa shape index (κ1) is 14.7. The summed E-state index contributed by atoms with van der Waals surface area (Å²) in [4.78, 5) is 19.3. The van der Waals surface area contributed by atoms with Crippen molar-refractivity contribution in [1.82, 2.24) is 0 Å². The molecule has 1 aromatic carbocycles. The number of hydrogen-bond donors (Lipinski definition) is 4. The van der Waals surface area contributed by atoms with Crippen LogP contribution in [0.5, 0.6) is 11.5 Å². The molecule has 94 valence electrons. The molecule has 4 N–H and O–H groups in total. The number of carboxylic acid groups (broad SMARTS) is 2.